The molecule has 28 heavy (non-hydrogen) atoms. The summed E-state index contributed by atoms with van der Waals surface area (Å²) in [7, 11) is 0. The summed E-state index contributed by atoms with van der Waals surface area (Å²) in [6.45, 7) is 8.12. The lowest BCUT2D eigenvalue weighted by molar-refractivity contribution is 0.0942. The highest BCUT2D eigenvalue weighted by molar-refractivity contribution is 7.17. The Hall–Kier alpha value is -2.86. The fourth-order valence-electron chi connectivity index (χ4n) is 3.66. The molecule has 0 fully saturated rings. The number of aryl methyl sites for hydroxylation is 2. The number of hydrogen-bond acceptors (Lipinski definition) is 3. The number of fused-ring (bicyclic) bond motifs is 1. The second kappa shape index (κ2) is 7.64. The summed E-state index contributed by atoms with van der Waals surface area (Å²) >= 11 is 1.66. The summed E-state index contributed by atoms with van der Waals surface area (Å²) in [4.78, 5) is 13.0. The van der Waals surface area contributed by atoms with E-state index in [0.29, 0.717) is 18.8 Å². The molecule has 3 heterocycles. The van der Waals surface area contributed by atoms with Crippen LogP contribution in [-0.4, -0.2) is 20.3 Å². The van der Waals surface area contributed by atoms with Gasteiger partial charge in [0.15, 0.2) is 0 Å². The van der Waals surface area contributed by atoms with Crippen LogP contribution in [0.4, 0.5) is 0 Å². The molecule has 0 bridgehead atoms. The van der Waals surface area contributed by atoms with E-state index in [-0.39, 0.29) is 5.91 Å². The SMILES string of the molecule is CCn1nc(C)c(CNC(=O)c2cc3sccc3n2Cc2ccccc2)c1C. The third kappa shape index (κ3) is 3.36. The molecule has 0 saturated heterocycles. The Morgan fingerprint density at radius 2 is 1.96 bits per heavy atom. The van der Waals surface area contributed by atoms with Crippen LogP contribution in [0.3, 0.4) is 0 Å². The molecule has 144 valence electrons. The zero-order valence-corrected chi connectivity index (χ0v) is 17.2. The van der Waals surface area contributed by atoms with E-state index < -0.39 is 0 Å². The molecule has 4 rings (SSSR count). The van der Waals surface area contributed by atoms with Gasteiger partial charge in [0.1, 0.15) is 5.69 Å². The fraction of sp³-hybridized carbons (Fsp3) is 0.273. The van der Waals surface area contributed by atoms with Crippen LogP contribution in [0.15, 0.2) is 47.8 Å². The first-order chi connectivity index (χ1) is 13.6. The number of hydrogen-bond donors (Lipinski definition) is 1. The summed E-state index contributed by atoms with van der Waals surface area (Å²) < 4.78 is 5.21. The fourth-order valence-corrected chi connectivity index (χ4v) is 4.48. The standard InChI is InChI=1S/C22H24N4OS/c1-4-26-16(3)18(15(2)24-26)13-23-22(27)20-12-21-19(10-11-28-21)25(20)14-17-8-6-5-7-9-17/h5-12H,4,13-14H2,1-3H3,(H,23,27). The lowest BCUT2D eigenvalue weighted by Crippen LogP contribution is -2.26. The Kier molecular flexibility index (Phi) is 5.05. The van der Waals surface area contributed by atoms with Crippen LogP contribution in [-0.2, 0) is 19.6 Å². The molecule has 0 aliphatic rings. The normalized spacial score (nSPS) is 11.2. The molecule has 0 spiro atoms. The number of amides is 1. The van der Waals surface area contributed by atoms with E-state index in [0.717, 1.165) is 33.7 Å². The van der Waals surface area contributed by atoms with Gasteiger partial charge in [0.2, 0.25) is 0 Å². The maximum Gasteiger partial charge on any atom is 0.268 e. The van der Waals surface area contributed by atoms with Crippen LogP contribution in [0.5, 0.6) is 0 Å². The molecule has 1 N–H and O–H groups in total. The Balaban J connectivity index is 1.60. The number of carbonyl (C=O) groups is 1. The average Bonchev–Trinajstić information content (AvgIpc) is 3.36. The van der Waals surface area contributed by atoms with Crippen molar-refractivity contribution in [3.63, 3.8) is 0 Å². The van der Waals surface area contributed by atoms with Gasteiger partial charge in [0.05, 0.1) is 15.9 Å². The minimum atomic E-state index is -0.0534. The minimum absolute atomic E-state index is 0.0534. The van der Waals surface area contributed by atoms with Gasteiger partial charge in [-0.15, -0.1) is 11.3 Å². The van der Waals surface area contributed by atoms with Gasteiger partial charge in [0.25, 0.3) is 5.91 Å². The molecule has 0 radical (unpaired) electrons. The van der Waals surface area contributed by atoms with Crippen molar-refractivity contribution in [3.8, 4) is 0 Å². The third-order valence-electron chi connectivity index (χ3n) is 5.20. The second-order valence-corrected chi connectivity index (χ2v) is 7.87. The Morgan fingerprint density at radius 1 is 1.18 bits per heavy atom. The number of carbonyl (C=O) groups excluding carboxylic acids is 1. The monoisotopic (exact) mass is 392 g/mol. The minimum Gasteiger partial charge on any atom is -0.347 e. The van der Waals surface area contributed by atoms with Gasteiger partial charge in [-0.25, -0.2) is 0 Å². The van der Waals surface area contributed by atoms with Gasteiger partial charge in [-0.2, -0.15) is 5.10 Å². The topological polar surface area (TPSA) is 51.9 Å². The van der Waals surface area contributed by atoms with Gasteiger partial charge >= 0.3 is 0 Å². The molecule has 0 unspecified atom stereocenters. The van der Waals surface area contributed by atoms with Gasteiger partial charge < -0.3 is 9.88 Å². The third-order valence-corrected chi connectivity index (χ3v) is 6.05. The maximum absolute atomic E-state index is 13.0. The van der Waals surface area contributed by atoms with E-state index in [2.05, 4.69) is 52.4 Å². The molecule has 0 aliphatic carbocycles. The number of rotatable bonds is 6. The van der Waals surface area contributed by atoms with E-state index in [1.807, 2.05) is 35.9 Å². The van der Waals surface area contributed by atoms with Gasteiger partial charge in [-0.05, 0) is 43.8 Å². The maximum atomic E-state index is 13.0. The molecule has 5 nitrogen and oxygen atoms in total. The van der Waals surface area contributed by atoms with Crippen molar-refractivity contribution in [2.24, 2.45) is 0 Å². The largest absolute Gasteiger partial charge is 0.347 e. The quantitative estimate of drug-likeness (QED) is 0.525. The number of aromatic nitrogens is 3. The molecule has 6 heteroatoms. The highest BCUT2D eigenvalue weighted by Crippen LogP contribution is 2.26. The molecular weight excluding hydrogens is 368 g/mol. The van der Waals surface area contributed by atoms with Crippen LogP contribution in [0.2, 0.25) is 0 Å². The Bertz CT molecular complexity index is 1120. The van der Waals surface area contributed by atoms with Crippen molar-refractivity contribution in [2.45, 2.75) is 40.4 Å². The molecule has 4 aromatic rings. The molecule has 0 aliphatic heterocycles. The molecular formula is C22H24N4OS. The lowest BCUT2D eigenvalue weighted by atomic mass is 10.2. The van der Waals surface area contributed by atoms with E-state index >= 15 is 0 Å². The summed E-state index contributed by atoms with van der Waals surface area (Å²) in [6.07, 6.45) is 0. The van der Waals surface area contributed by atoms with E-state index in [9.17, 15) is 4.79 Å². The number of nitrogens with zero attached hydrogens (tertiary/aromatic N) is 3. The van der Waals surface area contributed by atoms with Crippen molar-refractivity contribution >= 4 is 27.5 Å². The molecule has 0 saturated carbocycles. The van der Waals surface area contributed by atoms with Gasteiger partial charge in [-0.3, -0.25) is 9.48 Å². The van der Waals surface area contributed by atoms with Gasteiger partial charge in [-0.1, -0.05) is 30.3 Å². The van der Waals surface area contributed by atoms with Crippen LogP contribution in [0, 0.1) is 13.8 Å². The summed E-state index contributed by atoms with van der Waals surface area (Å²) in [5.41, 5.74) is 6.16. The Morgan fingerprint density at radius 3 is 2.68 bits per heavy atom. The van der Waals surface area contributed by atoms with Gasteiger partial charge in [0, 0.05) is 30.9 Å². The summed E-state index contributed by atoms with van der Waals surface area (Å²) in [5.74, 6) is -0.0534. The van der Waals surface area contributed by atoms with Crippen molar-refractivity contribution in [1.29, 1.82) is 0 Å². The summed E-state index contributed by atoms with van der Waals surface area (Å²) in [6, 6.07) is 14.3. The average molecular weight is 393 g/mol. The molecule has 1 amide bonds. The van der Waals surface area contributed by atoms with Crippen LogP contribution in [0.1, 0.15) is 39.9 Å². The van der Waals surface area contributed by atoms with Crippen molar-refractivity contribution < 1.29 is 4.79 Å². The first-order valence-corrected chi connectivity index (χ1v) is 10.4. The first-order valence-electron chi connectivity index (χ1n) is 9.50. The number of thiophene rings is 1. The van der Waals surface area contributed by atoms with Crippen LogP contribution in [0.25, 0.3) is 10.2 Å². The molecule has 0 atom stereocenters. The predicted molar refractivity (Wildman–Crippen MR) is 114 cm³/mol. The second-order valence-electron chi connectivity index (χ2n) is 6.92. The van der Waals surface area contributed by atoms with Crippen LogP contribution >= 0.6 is 11.3 Å². The van der Waals surface area contributed by atoms with Crippen LogP contribution < -0.4 is 5.32 Å². The first kappa shape index (κ1) is 18.5. The molecule has 1 aromatic carbocycles. The Labute approximate surface area is 168 Å². The summed E-state index contributed by atoms with van der Waals surface area (Å²) in [5, 5.41) is 9.71. The zero-order chi connectivity index (χ0) is 19.7. The number of benzene rings is 1. The van der Waals surface area contributed by atoms with Crippen molar-refractivity contribution in [2.75, 3.05) is 0 Å². The van der Waals surface area contributed by atoms with Crippen molar-refractivity contribution in [3.05, 3.63) is 76.1 Å². The smallest absolute Gasteiger partial charge is 0.268 e. The number of nitrogens with one attached hydrogen (secondary N) is 1. The molecule has 3 aromatic heterocycles. The highest BCUT2D eigenvalue weighted by Gasteiger charge is 2.18. The van der Waals surface area contributed by atoms with Crippen molar-refractivity contribution in [1.82, 2.24) is 19.7 Å². The zero-order valence-electron chi connectivity index (χ0n) is 16.4. The van der Waals surface area contributed by atoms with E-state index in [1.54, 1.807) is 11.3 Å². The lowest BCUT2D eigenvalue weighted by Gasteiger charge is -2.11. The van der Waals surface area contributed by atoms with E-state index in [1.165, 1.54) is 5.56 Å². The van der Waals surface area contributed by atoms with E-state index in [4.69, 9.17) is 0 Å². The predicted octanol–water partition coefficient (Wildman–Crippen LogP) is 4.51. The highest BCUT2D eigenvalue weighted by atomic mass is 32.1.